The van der Waals surface area contributed by atoms with Crippen LogP contribution >= 0.6 is 7.60 Å². The van der Waals surface area contributed by atoms with Gasteiger partial charge >= 0.3 is 7.60 Å². The quantitative estimate of drug-likeness (QED) is 0.384. The molecule has 2 aromatic rings. The van der Waals surface area contributed by atoms with E-state index in [2.05, 4.69) is 0 Å². The summed E-state index contributed by atoms with van der Waals surface area (Å²) in [5.41, 5.74) is 2.89. The Hall–Kier alpha value is -1.96. The van der Waals surface area contributed by atoms with Crippen LogP contribution in [0.3, 0.4) is 0 Å². The van der Waals surface area contributed by atoms with Crippen LogP contribution < -0.4 is 4.74 Å². The monoisotopic (exact) mass is 440 g/mol. The van der Waals surface area contributed by atoms with Crippen molar-refractivity contribution in [3.63, 3.8) is 0 Å². The average molecular weight is 440 g/mol. The summed E-state index contributed by atoms with van der Waals surface area (Å²) in [5.74, 6) is 1.29. The SMILES string of the molecule is CC(C)=Cc1ccccc1Oc1cccc(CCCC(P(=O)(O)O)S(=O)(=O)O)c1. The number of hydrogen-bond donors (Lipinski definition) is 3. The highest BCUT2D eigenvalue weighted by Gasteiger charge is 2.38. The van der Waals surface area contributed by atoms with Gasteiger partial charge in [0, 0.05) is 5.56 Å². The topological polar surface area (TPSA) is 121 Å². The molecule has 2 aromatic carbocycles. The minimum Gasteiger partial charge on any atom is -0.457 e. The van der Waals surface area contributed by atoms with Gasteiger partial charge in [-0.1, -0.05) is 42.0 Å². The molecule has 0 spiro atoms. The second-order valence-electron chi connectivity index (χ2n) is 6.96. The number of ether oxygens (including phenoxy) is 1. The molecule has 0 amide bonds. The van der Waals surface area contributed by atoms with E-state index >= 15 is 0 Å². The van der Waals surface area contributed by atoms with Crippen LogP contribution in [-0.2, 0) is 21.1 Å². The second-order valence-corrected chi connectivity index (χ2v) is 10.7. The van der Waals surface area contributed by atoms with Crippen molar-refractivity contribution in [2.75, 3.05) is 0 Å². The third-order valence-corrected chi connectivity index (χ3v) is 7.68. The number of benzene rings is 2. The first kappa shape index (κ1) is 23.3. The third kappa shape index (κ3) is 7.42. The van der Waals surface area contributed by atoms with Gasteiger partial charge in [-0.3, -0.25) is 9.12 Å². The predicted octanol–water partition coefficient (Wildman–Crippen LogP) is 4.62. The van der Waals surface area contributed by atoms with Crippen LogP contribution in [0.4, 0.5) is 0 Å². The molecule has 0 saturated heterocycles. The molecule has 0 aliphatic carbocycles. The molecule has 3 N–H and O–H groups in total. The van der Waals surface area contributed by atoms with E-state index in [-0.39, 0.29) is 12.8 Å². The number of allylic oxidation sites excluding steroid dienone is 1. The van der Waals surface area contributed by atoms with E-state index in [4.69, 9.17) is 19.1 Å². The Morgan fingerprint density at radius 3 is 2.45 bits per heavy atom. The summed E-state index contributed by atoms with van der Waals surface area (Å²) in [6, 6.07) is 14.8. The number of para-hydroxylation sites is 1. The standard InChI is InChI=1S/C20H25O7PS/c1-15(2)13-17-9-3-4-11-19(17)27-18-10-5-7-16(14-18)8-6-12-20(28(21,22)23)29(24,25)26/h3-5,7,9-11,13-14,20H,6,8,12H2,1-2H3,(H2,21,22,23)(H,24,25,26). The second kappa shape index (κ2) is 9.69. The Kier molecular flexibility index (Phi) is 7.80. The van der Waals surface area contributed by atoms with E-state index in [9.17, 15) is 13.0 Å². The zero-order valence-electron chi connectivity index (χ0n) is 16.2. The van der Waals surface area contributed by atoms with Crippen LogP contribution in [0.1, 0.15) is 37.8 Å². The van der Waals surface area contributed by atoms with Crippen LogP contribution in [0.5, 0.6) is 11.5 Å². The molecule has 0 aliphatic heterocycles. The van der Waals surface area contributed by atoms with Crippen LogP contribution in [0.25, 0.3) is 6.08 Å². The smallest absolute Gasteiger partial charge is 0.346 e. The molecule has 1 unspecified atom stereocenters. The highest BCUT2D eigenvalue weighted by molar-refractivity contribution is 7.93. The van der Waals surface area contributed by atoms with Crippen LogP contribution in [0, 0.1) is 0 Å². The van der Waals surface area contributed by atoms with Crippen molar-refractivity contribution in [3.8, 4) is 11.5 Å². The molecule has 0 bridgehead atoms. The molecule has 2 rings (SSSR count). The normalized spacial score (nSPS) is 13.0. The van der Waals surface area contributed by atoms with E-state index in [1.54, 1.807) is 18.2 Å². The van der Waals surface area contributed by atoms with Crippen LogP contribution in [-0.4, -0.2) is 27.7 Å². The fourth-order valence-electron chi connectivity index (χ4n) is 2.87. The molecule has 29 heavy (non-hydrogen) atoms. The molecule has 0 heterocycles. The molecular formula is C20H25O7PS. The maximum absolute atomic E-state index is 11.3. The molecule has 7 nitrogen and oxygen atoms in total. The van der Waals surface area contributed by atoms with Crippen molar-refractivity contribution in [3.05, 3.63) is 65.2 Å². The fraction of sp³-hybridized carbons (Fsp3) is 0.300. The summed E-state index contributed by atoms with van der Waals surface area (Å²) in [4.78, 5) is 16.2. The molecule has 0 aliphatic rings. The zero-order chi connectivity index (χ0) is 21.7. The molecule has 0 saturated carbocycles. The minimum atomic E-state index is -4.96. The van der Waals surface area contributed by atoms with Crippen molar-refractivity contribution in [2.24, 2.45) is 0 Å². The van der Waals surface area contributed by atoms with Crippen molar-refractivity contribution in [1.29, 1.82) is 0 Å². The summed E-state index contributed by atoms with van der Waals surface area (Å²) in [7, 11) is -9.79. The minimum absolute atomic E-state index is 0.174. The number of rotatable bonds is 9. The summed E-state index contributed by atoms with van der Waals surface area (Å²) in [6.07, 6.45) is 2.21. The van der Waals surface area contributed by atoms with Gasteiger partial charge in [-0.25, -0.2) is 0 Å². The summed E-state index contributed by atoms with van der Waals surface area (Å²) in [6.45, 7) is 3.99. The summed E-state index contributed by atoms with van der Waals surface area (Å²) < 4.78 is 48.8. The fourth-order valence-corrected chi connectivity index (χ4v) is 5.24. The van der Waals surface area contributed by atoms with E-state index < -0.39 is 22.7 Å². The van der Waals surface area contributed by atoms with Gasteiger partial charge in [0.05, 0.1) is 0 Å². The Morgan fingerprint density at radius 2 is 1.83 bits per heavy atom. The van der Waals surface area contributed by atoms with E-state index in [1.165, 1.54) is 0 Å². The maximum Gasteiger partial charge on any atom is 0.346 e. The maximum atomic E-state index is 11.3. The van der Waals surface area contributed by atoms with Gasteiger partial charge in [-0.15, -0.1) is 0 Å². The predicted molar refractivity (Wildman–Crippen MR) is 113 cm³/mol. The lowest BCUT2D eigenvalue weighted by Crippen LogP contribution is -2.20. The third-order valence-electron chi connectivity index (χ3n) is 4.12. The molecule has 9 heteroatoms. The highest BCUT2D eigenvalue weighted by Crippen LogP contribution is 2.46. The Balaban J connectivity index is 2.09. The van der Waals surface area contributed by atoms with Gasteiger partial charge in [0.15, 0.2) is 4.99 Å². The molecule has 0 radical (unpaired) electrons. The van der Waals surface area contributed by atoms with Crippen molar-refractivity contribution in [1.82, 2.24) is 0 Å². The molecule has 1 atom stereocenters. The largest absolute Gasteiger partial charge is 0.457 e. The Bertz CT molecular complexity index is 1020. The first-order valence-electron chi connectivity index (χ1n) is 8.99. The van der Waals surface area contributed by atoms with Crippen LogP contribution in [0.15, 0.2) is 54.1 Å². The van der Waals surface area contributed by atoms with Crippen molar-refractivity contribution in [2.45, 2.75) is 38.1 Å². The first-order valence-corrected chi connectivity index (χ1v) is 12.2. The Morgan fingerprint density at radius 1 is 1.14 bits per heavy atom. The molecule has 0 aromatic heterocycles. The van der Waals surface area contributed by atoms with Crippen molar-refractivity contribution >= 4 is 23.8 Å². The van der Waals surface area contributed by atoms with E-state index in [0.29, 0.717) is 17.9 Å². The first-order chi connectivity index (χ1) is 13.5. The molecule has 0 fully saturated rings. The molecular weight excluding hydrogens is 415 g/mol. The molecule has 158 valence electrons. The van der Waals surface area contributed by atoms with Gasteiger partial charge in [0.1, 0.15) is 11.5 Å². The zero-order valence-corrected chi connectivity index (χ0v) is 17.9. The lowest BCUT2D eigenvalue weighted by Gasteiger charge is -2.15. The van der Waals surface area contributed by atoms with Gasteiger partial charge in [0.2, 0.25) is 0 Å². The average Bonchev–Trinajstić information content (AvgIpc) is 2.58. The van der Waals surface area contributed by atoms with Crippen LogP contribution in [0.2, 0.25) is 0 Å². The van der Waals surface area contributed by atoms with Gasteiger partial charge in [0.25, 0.3) is 10.1 Å². The number of aryl methyl sites for hydroxylation is 1. The van der Waals surface area contributed by atoms with E-state index in [1.807, 2.05) is 50.3 Å². The van der Waals surface area contributed by atoms with Gasteiger partial charge in [-0.2, -0.15) is 8.42 Å². The van der Waals surface area contributed by atoms with Gasteiger partial charge in [-0.05, 0) is 56.9 Å². The lowest BCUT2D eigenvalue weighted by molar-refractivity contribution is 0.360. The lowest BCUT2D eigenvalue weighted by atomic mass is 10.1. The Labute approximate surface area is 171 Å². The number of hydrogen-bond acceptors (Lipinski definition) is 4. The summed E-state index contributed by atoms with van der Waals surface area (Å²) in [5, 5.41) is 0. The highest BCUT2D eigenvalue weighted by atomic mass is 32.2. The van der Waals surface area contributed by atoms with Crippen molar-refractivity contribution < 1.29 is 32.1 Å². The summed E-state index contributed by atoms with van der Waals surface area (Å²) >= 11 is 0. The van der Waals surface area contributed by atoms with Gasteiger partial charge < -0.3 is 14.5 Å². The van der Waals surface area contributed by atoms with E-state index in [0.717, 1.165) is 16.7 Å².